The predicted octanol–water partition coefficient (Wildman–Crippen LogP) is 2.89. The minimum atomic E-state index is 0.158. The molecule has 19 heavy (non-hydrogen) atoms. The summed E-state index contributed by atoms with van der Waals surface area (Å²) in [6.07, 6.45) is 0.774. The van der Waals surface area contributed by atoms with Gasteiger partial charge in [0, 0.05) is 5.92 Å². The molecule has 0 bridgehead atoms. The SMILES string of the molecule is Cc1cccc(C=O)c1OCc1nc(C(C)C)no1. The third kappa shape index (κ3) is 2.99. The molecule has 1 heterocycles. The summed E-state index contributed by atoms with van der Waals surface area (Å²) in [7, 11) is 0. The van der Waals surface area contributed by atoms with Gasteiger partial charge >= 0.3 is 0 Å². The van der Waals surface area contributed by atoms with Gasteiger partial charge in [-0.05, 0) is 18.6 Å². The summed E-state index contributed by atoms with van der Waals surface area (Å²) in [4.78, 5) is 15.2. The molecular formula is C14H16N2O3. The Labute approximate surface area is 111 Å². The number of benzene rings is 1. The molecular weight excluding hydrogens is 244 g/mol. The average Bonchev–Trinajstić information content (AvgIpc) is 2.86. The predicted molar refractivity (Wildman–Crippen MR) is 69.3 cm³/mol. The lowest BCUT2D eigenvalue weighted by atomic mass is 10.1. The highest BCUT2D eigenvalue weighted by Crippen LogP contribution is 2.23. The summed E-state index contributed by atoms with van der Waals surface area (Å²) in [5.41, 5.74) is 1.41. The number of aldehydes is 1. The largest absolute Gasteiger partial charge is 0.483 e. The van der Waals surface area contributed by atoms with Crippen LogP contribution in [0.1, 0.15) is 47.4 Å². The van der Waals surface area contributed by atoms with Gasteiger partial charge in [-0.3, -0.25) is 4.79 Å². The van der Waals surface area contributed by atoms with Gasteiger partial charge in [0.2, 0.25) is 0 Å². The van der Waals surface area contributed by atoms with E-state index in [1.165, 1.54) is 0 Å². The van der Waals surface area contributed by atoms with E-state index in [9.17, 15) is 4.79 Å². The van der Waals surface area contributed by atoms with Crippen LogP contribution in [0.15, 0.2) is 22.7 Å². The average molecular weight is 260 g/mol. The van der Waals surface area contributed by atoms with Gasteiger partial charge in [-0.1, -0.05) is 31.1 Å². The first-order valence-electron chi connectivity index (χ1n) is 6.12. The maximum atomic E-state index is 11.0. The fourth-order valence-electron chi connectivity index (χ4n) is 1.66. The summed E-state index contributed by atoms with van der Waals surface area (Å²) in [6.45, 7) is 6.02. The zero-order valence-electron chi connectivity index (χ0n) is 11.2. The van der Waals surface area contributed by atoms with Crippen LogP contribution in [-0.2, 0) is 6.61 Å². The van der Waals surface area contributed by atoms with Crippen molar-refractivity contribution in [1.29, 1.82) is 0 Å². The highest BCUT2D eigenvalue weighted by molar-refractivity contribution is 5.80. The minimum Gasteiger partial charge on any atom is -0.483 e. The molecule has 1 aromatic heterocycles. The summed E-state index contributed by atoms with van der Waals surface area (Å²) < 4.78 is 10.7. The Hall–Kier alpha value is -2.17. The molecule has 0 atom stereocenters. The zero-order valence-corrected chi connectivity index (χ0v) is 11.2. The standard InChI is InChI=1S/C14H16N2O3/c1-9(2)14-15-12(19-16-14)8-18-13-10(3)5-4-6-11(13)7-17/h4-7,9H,8H2,1-3H3. The van der Waals surface area contributed by atoms with E-state index in [1.807, 2.05) is 32.9 Å². The molecule has 0 amide bonds. The van der Waals surface area contributed by atoms with Crippen molar-refractivity contribution in [2.24, 2.45) is 0 Å². The Bertz CT molecular complexity index is 576. The van der Waals surface area contributed by atoms with Crippen LogP contribution < -0.4 is 4.74 Å². The molecule has 0 aliphatic heterocycles. The smallest absolute Gasteiger partial charge is 0.264 e. The molecule has 0 unspecified atom stereocenters. The van der Waals surface area contributed by atoms with Crippen LogP contribution in [0.5, 0.6) is 5.75 Å². The number of rotatable bonds is 5. The second-order valence-electron chi connectivity index (χ2n) is 4.60. The fourth-order valence-corrected chi connectivity index (χ4v) is 1.66. The van der Waals surface area contributed by atoms with Crippen LogP contribution in [-0.4, -0.2) is 16.4 Å². The third-order valence-electron chi connectivity index (χ3n) is 2.71. The Morgan fingerprint density at radius 1 is 1.42 bits per heavy atom. The second-order valence-corrected chi connectivity index (χ2v) is 4.60. The summed E-state index contributed by atoms with van der Waals surface area (Å²) in [6, 6.07) is 5.41. The minimum absolute atomic E-state index is 0.158. The molecule has 0 radical (unpaired) electrons. The number of carbonyl (C=O) groups excluding carboxylic acids is 1. The first-order valence-corrected chi connectivity index (χ1v) is 6.12. The van der Waals surface area contributed by atoms with Crippen LogP contribution in [0.3, 0.4) is 0 Å². The van der Waals surface area contributed by atoms with Crippen LogP contribution in [0.2, 0.25) is 0 Å². The lowest BCUT2D eigenvalue weighted by Crippen LogP contribution is -2.01. The molecule has 0 saturated heterocycles. The normalized spacial score (nSPS) is 10.7. The molecule has 0 spiro atoms. The van der Waals surface area contributed by atoms with Crippen molar-refractivity contribution >= 4 is 6.29 Å². The van der Waals surface area contributed by atoms with E-state index in [4.69, 9.17) is 9.26 Å². The van der Waals surface area contributed by atoms with Crippen molar-refractivity contribution in [3.8, 4) is 5.75 Å². The van der Waals surface area contributed by atoms with Gasteiger partial charge in [0.15, 0.2) is 18.7 Å². The molecule has 0 saturated carbocycles. The molecule has 2 aromatic rings. The number of aromatic nitrogens is 2. The second kappa shape index (κ2) is 5.65. The highest BCUT2D eigenvalue weighted by atomic mass is 16.5. The Balaban J connectivity index is 2.12. The maximum absolute atomic E-state index is 11.0. The summed E-state index contributed by atoms with van der Waals surface area (Å²) >= 11 is 0. The van der Waals surface area contributed by atoms with E-state index >= 15 is 0 Å². The van der Waals surface area contributed by atoms with Crippen molar-refractivity contribution in [3.63, 3.8) is 0 Å². The van der Waals surface area contributed by atoms with Crippen molar-refractivity contribution in [3.05, 3.63) is 41.0 Å². The zero-order chi connectivity index (χ0) is 13.8. The number of nitrogens with zero attached hydrogens (tertiary/aromatic N) is 2. The number of para-hydroxylation sites is 1. The van der Waals surface area contributed by atoms with Gasteiger partial charge < -0.3 is 9.26 Å². The van der Waals surface area contributed by atoms with Crippen molar-refractivity contribution in [1.82, 2.24) is 10.1 Å². The fraction of sp³-hybridized carbons (Fsp3) is 0.357. The van der Waals surface area contributed by atoms with E-state index in [2.05, 4.69) is 10.1 Å². The molecule has 0 fully saturated rings. The monoisotopic (exact) mass is 260 g/mol. The van der Waals surface area contributed by atoms with Gasteiger partial charge in [-0.2, -0.15) is 4.98 Å². The third-order valence-corrected chi connectivity index (χ3v) is 2.71. The Morgan fingerprint density at radius 3 is 2.84 bits per heavy atom. The van der Waals surface area contributed by atoms with Gasteiger partial charge in [0.25, 0.3) is 5.89 Å². The van der Waals surface area contributed by atoms with Crippen LogP contribution in [0.4, 0.5) is 0 Å². The lowest BCUT2D eigenvalue weighted by molar-refractivity contribution is 0.111. The van der Waals surface area contributed by atoms with E-state index in [-0.39, 0.29) is 12.5 Å². The van der Waals surface area contributed by atoms with Gasteiger partial charge in [-0.25, -0.2) is 0 Å². The maximum Gasteiger partial charge on any atom is 0.264 e. The molecule has 100 valence electrons. The summed E-state index contributed by atoms with van der Waals surface area (Å²) in [5, 5.41) is 3.86. The molecule has 1 aromatic carbocycles. The van der Waals surface area contributed by atoms with Crippen molar-refractivity contribution in [2.45, 2.75) is 33.3 Å². The molecule has 5 heteroatoms. The van der Waals surface area contributed by atoms with E-state index in [0.29, 0.717) is 23.0 Å². The number of ether oxygens (including phenoxy) is 1. The highest BCUT2D eigenvalue weighted by Gasteiger charge is 2.12. The van der Waals surface area contributed by atoms with Crippen LogP contribution in [0, 0.1) is 6.92 Å². The van der Waals surface area contributed by atoms with Gasteiger partial charge in [-0.15, -0.1) is 0 Å². The number of carbonyl (C=O) groups is 1. The van der Waals surface area contributed by atoms with Gasteiger partial charge in [0.1, 0.15) is 5.75 Å². The number of hydrogen-bond acceptors (Lipinski definition) is 5. The van der Waals surface area contributed by atoms with Crippen molar-refractivity contribution in [2.75, 3.05) is 0 Å². The molecule has 2 rings (SSSR count). The Kier molecular flexibility index (Phi) is 3.94. The Morgan fingerprint density at radius 2 is 2.21 bits per heavy atom. The van der Waals surface area contributed by atoms with E-state index < -0.39 is 0 Å². The molecule has 0 N–H and O–H groups in total. The van der Waals surface area contributed by atoms with Crippen LogP contribution >= 0.6 is 0 Å². The quantitative estimate of drug-likeness (QED) is 0.773. The molecule has 5 nitrogen and oxygen atoms in total. The van der Waals surface area contributed by atoms with Crippen LogP contribution in [0.25, 0.3) is 0 Å². The van der Waals surface area contributed by atoms with E-state index in [1.54, 1.807) is 6.07 Å². The number of hydrogen-bond donors (Lipinski definition) is 0. The molecule has 0 aliphatic rings. The van der Waals surface area contributed by atoms with Gasteiger partial charge in [0.05, 0.1) is 5.56 Å². The topological polar surface area (TPSA) is 65.2 Å². The molecule has 0 aliphatic carbocycles. The summed E-state index contributed by atoms with van der Waals surface area (Å²) in [5.74, 6) is 1.83. The number of aryl methyl sites for hydroxylation is 1. The van der Waals surface area contributed by atoms with E-state index in [0.717, 1.165) is 11.8 Å². The first-order chi connectivity index (χ1) is 9.11. The first kappa shape index (κ1) is 13.3. The van der Waals surface area contributed by atoms with Crippen molar-refractivity contribution < 1.29 is 14.1 Å². The lowest BCUT2D eigenvalue weighted by Gasteiger charge is -2.08.